The number of nitrogens with zero attached hydrogens (tertiary/aromatic N) is 3. The van der Waals surface area contributed by atoms with Gasteiger partial charge in [0.1, 0.15) is 41.2 Å². The molecular weight excluding hydrogens is 854 g/mol. The van der Waals surface area contributed by atoms with Crippen LogP contribution >= 0.6 is 8.25 Å². The van der Waals surface area contributed by atoms with Crippen molar-refractivity contribution < 1.29 is 41.8 Å². The zero-order valence-corrected chi connectivity index (χ0v) is 39.5. The Morgan fingerprint density at radius 2 is 1.41 bits per heavy atom. The Hall–Kier alpha value is -5.61. The molecule has 7 rings (SSSR count). The van der Waals surface area contributed by atoms with Gasteiger partial charge in [0.15, 0.2) is 25.7 Å². The molecule has 0 saturated carbocycles. The van der Waals surface area contributed by atoms with Crippen molar-refractivity contribution in [2.24, 2.45) is 5.92 Å². The standard InChI is InChI=1S/C47H56N5O10PSi/c1-30(2)42(53)50-45-49-41-38(43(54)51-45)48-29-52(41)44-40(61-63(55)60-36-18-14-11-15-19-36)39(62-64(8,9)46(3,4)5)37(59-44)28-58-47(31-16-12-10-13-17-31,32-20-24-34(56-6)25-21-32)33-22-26-35(57-7)27-23-33/h10-27,29-30,37,39-40,44,63H,28H2,1-9H3,(H2,49,50,51,53,54)/t37-,39-,40+,44-/m1/s1. The van der Waals surface area contributed by atoms with Crippen LogP contribution in [0, 0.1) is 5.92 Å². The van der Waals surface area contributed by atoms with Gasteiger partial charge in [-0.05, 0) is 71.2 Å². The van der Waals surface area contributed by atoms with Crippen molar-refractivity contribution in [2.75, 3.05) is 26.1 Å². The molecule has 1 aliphatic heterocycles. The lowest BCUT2D eigenvalue weighted by molar-refractivity contribution is -0.118. The van der Waals surface area contributed by atoms with Gasteiger partial charge in [0.2, 0.25) is 11.9 Å². The van der Waals surface area contributed by atoms with Crippen molar-refractivity contribution in [1.29, 1.82) is 0 Å². The van der Waals surface area contributed by atoms with E-state index in [-0.39, 0.29) is 34.7 Å². The number of fused-ring (bicyclic) bond motifs is 1. The number of hydrogen-bond donors (Lipinski definition) is 2. The van der Waals surface area contributed by atoms with Crippen LogP contribution in [0.4, 0.5) is 5.95 Å². The van der Waals surface area contributed by atoms with E-state index in [1.54, 1.807) is 52.3 Å². The zero-order valence-electron chi connectivity index (χ0n) is 37.5. The van der Waals surface area contributed by atoms with Gasteiger partial charge < -0.3 is 27.9 Å². The van der Waals surface area contributed by atoms with Crippen molar-refractivity contribution in [3.63, 3.8) is 0 Å². The number of anilines is 1. The lowest BCUT2D eigenvalue weighted by Crippen LogP contribution is -2.50. The highest BCUT2D eigenvalue weighted by atomic mass is 31.1. The van der Waals surface area contributed by atoms with E-state index in [0.29, 0.717) is 17.2 Å². The number of benzene rings is 4. The van der Waals surface area contributed by atoms with Crippen LogP contribution in [0.3, 0.4) is 0 Å². The molecule has 1 amide bonds. The average molecular weight is 910 g/mol. The van der Waals surface area contributed by atoms with Gasteiger partial charge in [-0.25, -0.2) is 9.55 Å². The van der Waals surface area contributed by atoms with E-state index in [1.165, 1.54) is 10.9 Å². The number of aromatic amines is 1. The predicted molar refractivity (Wildman–Crippen MR) is 247 cm³/mol. The monoisotopic (exact) mass is 909 g/mol. The van der Waals surface area contributed by atoms with Crippen molar-refractivity contribution in [1.82, 2.24) is 19.5 Å². The largest absolute Gasteiger partial charge is 0.497 e. The fraction of sp³-hybridized carbons (Fsp3) is 0.362. The molecule has 0 radical (unpaired) electrons. The number of carbonyl (C=O) groups is 1. The highest BCUT2D eigenvalue weighted by molar-refractivity contribution is 7.33. The summed E-state index contributed by atoms with van der Waals surface area (Å²) >= 11 is 0. The Morgan fingerprint density at radius 3 is 1.95 bits per heavy atom. The molecule has 1 aliphatic rings. The Kier molecular flexibility index (Phi) is 13.9. The van der Waals surface area contributed by atoms with Crippen LogP contribution in [0.5, 0.6) is 17.2 Å². The number of nitrogens with one attached hydrogen (secondary N) is 2. The van der Waals surface area contributed by atoms with Crippen LogP contribution in [-0.2, 0) is 33.4 Å². The number of amides is 1. The molecule has 15 nitrogen and oxygen atoms in total. The maximum Gasteiger partial charge on any atom is 0.368 e. The van der Waals surface area contributed by atoms with E-state index in [2.05, 4.69) is 54.1 Å². The van der Waals surface area contributed by atoms with Gasteiger partial charge in [-0.2, -0.15) is 4.98 Å². The molecule has 2 aromatic heterocycles. The number of hydrogen-bond acceptors (Lipinski definition) is 12. The second-order valence-corrected chi connectivity index (χ2v) is 23.0. The van der Waals surface area contributed by atoms with Crippen LogP contribution in [0.2, 0.25) is 18.1 Å². The molecule has 0 aliphatic carbocycles. The lowest BCUT2D eigenvalue weighted by Gasteiger charge is -2.41. The molecule has 338 valence electrons. The van der Waals surface area contributed by atoms with Crippen LogP contribution < -0.4 is 24.9 Å². The number of para-hydroxylation sites is 1. The van der Waals surface area contributed by atoms with E-state index in [1.807, 2.05) is 84.9 Å². The molecule has 1 fully saturated rings. The van der Waals surface area contributed by atoms with Crippen molar-refractivity contribution >= 4 is 39.6 Å². The summed E-state index contributed by atoms with van der Waals surface area (Å²) in [5.41, 5.74) is 0.694. The Labute approximate surface area is 374 Å². The lowest BCUT2D eigenvalue weighted by atomic mass is 9.80. The third-order valence-electron chi connectivity index (χ3n) is 11.8. The minimum atomic E-state index is -3.31. The van der Waals surface area contributed by atoms with Crippen molar-refractivity contribution in [3.05, 3.63) is 143 Å². The van der Waals surface area contributed by atoms with Crippen molar-refractivity contribution in [3.8, 4) is 17.2 Å². The van der Waals surface area contributed by atoms with Crippen LogP contribution in [0.15, 0.2) is 120 Å². The van der Waals surface area contributed by atoms with Gasteiger partial charge in [-0.3, -0.25) is 29.0 Å². The maximum absolute atomic E-state index is 14.1. The Balaban J connectivity index is 1.38. The number of imidazole rings is 1. The fourth-order valence-electron chi connectivity index (χ4n) is 7.28. The molecule has 0 bridgehead atoms. The third-order valence-corrected chi connectivity index (χ3v) is 17.1. The first-order chi connectivity index (χ1) is 30.5. The molecule has 17 heteroatoms. The SMILES string of the molecule is COc1ccc(C(OC[C@H]2O[C@@H](n3cnc4c(=O)[nH]c(NC(=O)C(C)C)nc43)[C@@H](O[PH](=O)Oc3ccccc3)[C@@H]2O[Si](C)(C)C(C)(C)C)(c2ccccc2)c2ccc(OC)cc2)cc1. The van der Waals surface area contributed by atoms with Gasteiger partial charge in [0.25, 0.3) is 5.56 Å². The first-order valence-corrected chi connectivity index (χ1v) is 25.2. The Bertz CT molecular complexity index is 2550. The number of aromatic nitrogens is 4. The molecule has 64 heavy (non-hydrogen) atoms. The second-order valence-electron chi connectivity index (χ2n) is 17.4. The second kappa shape index (κ2) is 19.2. The van der Waals surface area contributed by atoms with Gasteiger partial charge in [-0.15, -0.1) is 0 Å². The topological polar surface area (TPSA) is 174 Å². The molecule has 3 heterocycles. The highest BCUT2D eigenvalue weighted by Gasteiger charge is 2.54. The van der Waals surface area contributed by atoms with E-state index >= 15 is 0 Å². The first-order valence-electron chi connectivity index (χ1n) is 21.1. The fourth-order valence-corrected chi connectivity index (χ4v) is 9.45. The Morgan fingerprint density at radius 1 is 0.844 bits per heavy atom. The number of rotatable bonds is 17. The molecule has 6 aromatic rings. The highest BCUT2D eigenvalue weighted by Crippen LogP contribution is 2.47. The van der Waals surface area contributed by atoms with Crippen LogP contribution in [-0.4, -0.2) is 72.9 Å². The normalized spacial score (nSPS) is 18.5. The maximum atomic E-state index is 14.1. The summed E-state index contributed by atoms with van der Waals surface area (Å²) in [6.45, 7) is 14.0. The summed E-state index contributed by atoms with van der Waals surface area (Å²) in [5.74, 6) is 0.878. The van der Waals surface area contributed by atoms with Gasteiger partial charge >= 0.3 is 8.25 Å². The third kappa shape index (κ3) is 9.72. The number of ether oxygens (including phenoxy) is 4. The van der Waals surface area contributed by atoms with Crippen LogP contribution in [0.1, 0.15) is 57.5 Å². The molecule has 0 spiro atoms. The predicted octanol–water partition coefficient (Wildman–Crippen LogP) is 8.88. The summed E-state index contributed by atoms with van der Waals surface area (Å²) in [5, 5.41) is 2.39. The molecule has 4 aromatic carbocycles. The minimum Gasteiger partial charge on any atom is -0.497 e. The zero-order chi connectivity index (χ0) is 45.8. The molecule has 1 unspecified atom stereocenters. The summed E-state index contributed by atoms with van der Waals surface area (Å²) < 4.78 is 60.8. The molecule has 2 N–H and O–H groups in total. The summed E-state index contributed by atoms with van der Waals surface area (Å²) in [4.78, 5) is 37.9. The van der Waals surface area contributed by atoms with E-state index < -0.39 is 58.2 Å². The quantitative estimate of drug-likeness (QED) is 0.0506. The smallest absolute Gasteiger partial charge is 0.368 e. The van der Waals surface area contributed by atoms with Gasteiger partial charge in [0, 0.05) is 5.92 Å². The van der Waals surface area contributed by atoms with E-state index in [0.717, 1.165) is 16.7 Å². The summed E-state index contributed by atoms with van der Waals surface area (Å²) in [7, 11) is -2.78. The van der Waals surface area contributed by atoms with Gasteiger partial charge in [0.05, 0.1) is 27.2 Å². The summed E-state index contributed by atoms with van der Waals surface area (Å²) in [6.07, 6.45) is -2.67. The number of H-pyrrole nitrogens is 1. The molecule has 1 saturated heterocycles. The number of methoxy groups -OCH3 is 2. The van der Waals surface area contributed by atoms with E-state index in [4.69, 9.17) is 32.4 Å². The average Bonchev–Trinajstić information content (AvgIpc) is 3.85. The van der Waals surface area contributed by atoms with Gasteiger partial charge in [-0.1, -0.05) is 107 Å². The molecule has 5 atom stereocenters. The minimum absolute atomic E-state index is 0.0123. The number of carbonyl (C=O) groups excluding carboxylic acids is 1. The summed E-state index contributed by atoms with van der Waals surface area (Å²) in [6, 6.07) is 34.0. The van der Waals surface area contributed by atoms with E-state index in [9.17, 15) is 14.2 Å². The van der Waals surface area contributed by atoms with Crippen LogP contribution in [0.25, 0.3) is 11.2 Å². The van der Waals surface area contributed by atoms with Crippen molar-refractivity contribution in [2.45, 2.75) is 82.9 Å². The first kappa shape index (κ1) is 46.4. The molecular formula is C47H56N5O10PSi.